The lowest BCUT2D eigenvalue weighted by Gasteiger charge is -2.35. The number of benzene rings is 5. The van der Waals surface area contributed by atoms with Gasteiger partial charge >= 0.3 is 0 Å². The number of para-hydroxylation sites is 1. The third-order valence-corrected chi connectivity index (χ3v) is 14.8. The van der Waals surface area contributed by atoms with Gasteiger partial charge in [-0.1, -0.05) is 85.6 Å². The van der Waals surface area contributed by atoms with Gasteiger partial charge in [0.2, 0.25) is 5.88 Å². The van der Waals surface area contributed by atoms with Crippen molar-refractivity contribution in [1.29, 1.82) is 0 Å². The van der Waals surface area contributed by atoms with E-state index in [-0.39, 0.29) is 42.9 Å². The minimum Gasteiger partial charge on any atom is -0.497 e. The lowest BCUT2D eigenvalue weighted by atomic mass is 9.98. The first-order valence-corrected chi connectivity index (χ1v) is 26.8. The average molecular weight is 1050 g/mol. The first kappa shape index (κ1) is 52.7. The molecule has 0 aliphatic carbocycles. The number of hydrogen-bond donors (Lipinski definition) is 1. The van der Waals surface area contributed by atoms with Crippen LogP contribution in [0.2, 0.25) is 5.02 Å². The number of ether oxygens (including phenoxy) is 3. The quantitative estimate of drug-likeness (QED) is 0.0648. The van der Waals surface area contributed by atoms with Gasteiger partial charge in [0.1, 0.15) is 28.9 Å². The van der Waals surface area contributed by atoms with Gasteiger partial charge in [-0.05, 0) is 98.0 Å². The molecule has 1 fully saturated rings. The van der Waals surface area contributed by atoms with Gasteiger partial charge in [0.05, 0.1) is 58.5 Å². The second kappa shape index (κ2) is 24.9. The molecule has 1 aliphatic heterocycles. The Kier molecular flexibility index (Phi) is 17.5. The lowest BCUT2D eigenvalue weighted by Crippen LogP contribution is -2.47. The Morgan fingerprint density at radius 1 is 0.787 bits per heavy atom. The standard InChI is InChI=1S/C59H63ClN8O6S/c1-40(2)54(55-63-50-36-45(60)21-23-47(50)59(71)68(55)39-42-12-6-5-7-13-42)67(58(70)43-18-16-41(3)17-19-43)28-10-26-61-56(69)44-20-25-53(62-38-44)74-34-11-27-65-29-31-66(32-30-65)33-35-73-51-24-22-46(72-4)37-48(51)57-64-49-14-8-9-15-52(49)75-57/h5-9,12-25,36-38,40,54H,10-11,26-35,39H2,1-4H3,(H,61,69)/t54-/m1/s1. The van der Waals surface area contributed by atoms with Gasteiger partial charge < -0.3 is 29.3 Å². The predicted molar refractivity (Wildman–Crippen MR) is 298 cm³/mol. The second-order valence-corrected chi connectivity index (χ2v) is 20.6. The molecular formula is C59H63ClN8O6S. The molecule has 0 unspecified atom stereocenters. The molecule has 0 radical (unpaired) electrons. The van der Waals surface area contributed by atoms with Gasteiger partial charge in [-0.2, -0.15) is 0 Å². The van der Waals surface area contributed by atoms with E-state index in [9.17, 15) is 14.4 Å². The number of piperazine rings is 1. The molecule has 4 heterocycles. The van der Waals surface area contributed by atoms with Crippen molar-refractivity contribution < 1.29 is 23.8 Å². The Morgan fingerprint density at radius 3 is 2.27 bits per heavy atom. The highest BCUT2D eigenvalue weighted by Gasteiger charge is 2.33. The number of carbonyl (C=O) groups is 2. The van der Waals surface area contributed by atoms with Crippen LogP contribution in [0.3, 0.4) is 0 Å². The molecule has 2 amide bonds. The summed E-state index contributed by atoms with van der Waals surface area (Å²) in [7, 11) is 1.67. The number of aryl methyl sites for hydroxylation is 1. The minimum atomic E-state index is -0.606. The highest BCUT2D eigenvalue weighted by Crippen LogP contribution is 2.38. The molecule has 14 nitrogen and oxygen atoms in total. The van der Waals surface area contributed by atoms with Crippen molar-refractivity contribution in [3.63, 3.8) is 0 Å². The number of carbonyl (C=O) groups excluding carboxylic acids is 2. The van der Waals surface area contributed by atoms with Crippen LogP contribution in [-0.4, -0.2) is 119 Å². The third kappa shape index (κ3) is 13.2. The van der Waals surface area contributed by atoms with Gasteiger partial charge in [-0.3, -0.25) is 23.9 Å². The number of pyridine rings is 1. The summed E-state index contributed by atoms with van der Waals surface area (Å²) in [5, 5.41) is 4.83. The molecule has 388 valence electrons. The van der Waals surface area contributed by atoms with Crippen LogP contribution >= 0.6 is 22.9 Å². The minimum absolute atomic E-state index is 0.155. The topological polar surface area (TPSA) is 144 Å². The Balaban J connectivity index is 0.749. The fourth-order valence-corrected chi connectivity index (χ4v) is 10.6. The third-order valence-electron chi connectivity index (χ3n) is 13.5. The molecule has 0 bridgehead atoms. The summed E-state index contributed by atoms with van der Waals surface area (Å²) in [6.45, 7) is 13.5. The smallest absolute Gasteiger partial charge is 0.261 e. The predicted octanol–water partition coefficient (Wildman–Crippen LogP) is 10.2. The SMILES string of the molecule is COc1ccc(OCCN2CCN(CCCOc3ccc(C(=O)NCCCN(C(=O)c4ccc(C)cc4)[C@@H](c4nc5cc(Cl)ccc5c(=O)n4Cc4ccccc4)C(C)C)cn3)CC2)c(-c2nc3ccccc3s2)c1. The number of amides is 2. The van der Waals surface area contributed by atoms with E-state index in [1.807, 2.05) is 112 Å². The van der Waals surface area contributed by atoms with E-state index in [0.717, 1.165) is 89.1 Å². The lowest BCUT2D eigenvalue weighted by molar-refractivity contribution is 0.0601. The van der Waals surface area contributed by atoms with E-state index in [4.69, 9.17) is 35.8 Å². The molecule has 9 rings (SSSR count). The maximum Gasteiger partial charge on any atom is 0.261 e. The number of nitrogens with one attached hydrogen (secondary N) is 1. The van der Waals surface area contributed by atoms with Crippen LogP contribution in [0.1, 0.15) is 70.4 Å². The first-order valence-electron chi connectivity index (χ1n) is 25.6. The summed E-state index contributed by atoms with van der Waals surface area (Å²) in [4.78, 5) is 63.4. The molecule has 8 aromatic rings. The van der Waals surface area contributed by atoms with Crippen molar-refractivity contribution >= 4 is 55.9 Å². The summed E-state index contributed by atoms with van der Waals surface area (Å²) in [5.41, 5.74) is 5.04. The van der Waals surface area contributed by atoms with Crippen molar-refractivity contribution in [1.82, 2.24) is 39.5 Å². The van der Waals surface area contributed by atoms with Crippen LogP contribution < -0.4 is 25.1 Å². The molecule has 1 saturated heterocycles. The van der Waals surface area contributed by atoms with Crippen molar-refractivity contribution in [3.05, 3.63) is 177 Å². The number of halogens is 1. The van der Waals surface area contributed by atoms with Gasteiger partial charge in [-0.25, -0.2) is 15.0 Å². The summed E-state index contributed by atoms with van der Waals surface area (Å²) >= 11 is 8.09. The van der Waals surface area contributed by atoms with Crippen LogP contribution in [0.5, 0.6) is 17.4 Å². The highest BCUT2D eigenvalue weighted by molar-refractivity contribution is 7.21. The van der Waals surface area contributed by atoms with Crippen molar-refractivity contribution in [2.24, 2.45) is 5.92 Å². The average Bonchev–Trinajstić information content (AvgIpc) is 3.87. The number of rotatable bonds is 22. The van der Waals surface area contributed by atoms with E-state index < -0.39 is 6.04 Å². The normalized spacial score (nSPS) is 13.5. The van der Waals surface area contributed by atoms with Gasteiger partial charge in [0, 0.05) is 75.2 Å². The van der Waals surface area contributed by atoms with Crippen molar-refractivity contribution in [2.75, 3.05) is 72.7 Å². The maximum atomic E-state index is 14.6. The van der Waals surface area contributed by atoms with Crippen molar-refractivity contribution in [2.45, 2.75) is 46.2 Å². The second-order valence-electron chi connectivity index (χ2n) is 19.1. The summed E-state index contributed by atoms with van der Waals surface area (Å²) < 4.78 is 20.7. The summed E-state index contributed by atoms with van der Waals surface area (Å²) in [6.07, 6.45) is 2.80. The summed E-state index contributed by atoms with van der Waals surface area (Å²) in [6, 6.07) is 39.2. The van der Waals surface area contributed by atoms with Crippen molar-refractivity contribution in [3.8, 4) is 28.0 Å². The maximum absolute atomic E-state index is 14.6. The zero-order valence-electron chi connectivity index (χ0n) is 42.9. The fraction of sp³-hybridized carbons (Fsp3) is 0.322. The molecule has 1 aliphatic rings. The van der Waals surface area contributed by atoms with E-state index >= 15 is 0 Å². The van der Waals surface area contributed by atoms with Crippen LogP contribution in [0.15, 0.2) is 138 Å². The zero-order chi connectivity index (χ0) is 52.3. The van der Waals surface area contributed by atoms with Crippen LogP contribution in [0.25, 0.3) is 31.7 Å². The Labute approximate surface area is 446 Å². The van der Waals surface area contributed by atoms with Gasteiger partial charge in [0.25, 0.3) is 17.4 Å². The molecule has 0 saturated carbocycles. The molecular weight excluding hydrogens is 984 g/mol. The number of methoxy groups -OCH3 is 1. The Hall–Kier alpha value is -7.17. The van der Waals surface area contributed by atoms with E-state index in [2.05, 4.69) is 26.2 Å². The number of aromatic nitrogens is 4. The van der Waals surface area contributed by atoms with Crippen LogP contribution in [-0.2, 0) is 6.54 Å². The van der Waals surface area contributed by atoms with Crippen LogP contribution in [0.4, 0.5) is 0 Å². The molecule has 16 heteroatoms. The monoisotopic (exact) mass is 1050 g/mol. The number of thiazole rings is 1. The fourth-order valence-electron chi connectivity index (χ4n) is 9.44. The molecule has 1 N–H and O–H groups in total. The van der Waals surface area contributed by atoms with E-state index in [1.165, 1.54) is 6.20 Å². The number of nitrogens with zero attached hydrogens (tertiary/aromatic N) is 7. The highest BCUT2D eigenvalue weighted by atomic mass is 35.5. The Morgan fingerprint density at radius 2 is 1.53 bits per heavy atom. The van der Waals surface area contributed by atoms with Gasteiger partial charge in [-0.15, -0.1) is 11.3 Å². The molecule has 1 atom stereocenters. The molecule has 3 aromatic heterocycles. The zero-order valence-corrected chi connectivity index (χ0v) is 44.5. The van der Waals surface area contributed by atoms with E-state index in [0.29, 0.717) is 58.4 Å². The molecule has 75 heavy (non-hydrogen) atoms. The first-order chi connectivity index (χ1) is 36.5. The molecule has 0 spiro atoms. The number of fused-ring (bicyclic) bond motifs is 2. The molecule has 5 aromatic carbocycles. The number of hydrogen-bond acceptors (Lipinski definition) is 12. The van der Waals surface area contributed by atoms with Gasteiger partial charge in [0.15, 0.2) is 0 Å². The van der Waals surface area contributed by atoms with E-state index in [1.54, 1.807) is 58.2 Å². The Bertz CT molecular complexity index is 3240. The largest absolute Gasteiger partial charge is 0.497 e. The van der Waals surface area contributed by atoms with Crippen LogP contribution in [0, 0.1) is 12.8 Å². The summed E-state index contributed by atoms with van der Waals surface area (Å²) in [5.74, 6) is 1.86.